The van der Waals surface area contributed by atoms with E-state index in [-0.39, 0.29) is 0 Å². The fourth-order valence-electron chi connectivity index (χ4n) is 1.87. The number of nitrogens with one attached hydrogen (secondary N) is 1. The van der Waals surface area contributed by atoms with Gasteiger partial charge in [0.05, 0.1) is 0 Å². The van der Waals surface area contributed by atoms with Crippen molar-refractivity contribution in [3.63, 3.8) is 0 Å². The number of carbonyl (C=O) groups is 1. The summed E-state index contributed by atoms with van der Waals surface area (Å²) in [5.74, 6) is 0. The van der Waals surface area contributed by atoms with Gasteiger partial charge in [-0.25, -0.2) is 0 Å². The van der Waals surface area contributed by atoms with Crippen molar-refractivity contribution in [3.05, 3.63) is 0 Å². The van der Waals surface area contributed by atoms with Crippen LogP contribution >= 0.6 is 0 Å². The van der Waals surface area contributed by atoms with Crippen molar-refractivity contribution in [2.75, 3.05) is 19.6 Å². The summed E-state index contributed by atoms with van der Waals surface area (Å²) < 4.78 is 0. The summed E-state index contributed by atoms with van der Waals surface area (Å²) in [7, 11) is 0. The molecule has 1 atom stereocenters. The first kappa shape index (κ1) is 10.5. The molecule has 0 bridgehead atoms. The van der Waals surface area contributed by atoms with Gasteiger partial charge in [0, 0.05) is 12.6 Å². The molecule has 0 aromatic rings. The molecule has 1 amide bonds. The van der Waals surface area contributed by atoms with Crippen molar-refractivity contribution in [2.24, 2.45) is 0 Å². The fraction of sp³-hybridized carbons (Fsp3) is 0.900. The first-order valence-corrected chi connectivity index (χ1v) is 5.29. The van der Waals surface area contributed by atoms with Crippen LogP contribution in [0.4, 0.5) is 0 Å². The molecule has 0 aromatic heterocycles. The average Bonchev–Trinajstić information content (AvgIpc) is 2.16. The van der Waals surface area contributed by atoms with Crippen molar-refractivity contribution in [2.45, 2.75) is 38.6 Å². The van der Waals surface area contributed by atoms with E-state index in [4.69, 9.17) is 0 Å². The third-order valence-electron chi connectivity index (χ3n) is 2.64. The Kier molecular flexibility index (Phi) is 4.83. The smallest absolute Gasteiger partial charge is 0.207 e. The monoisotopic (exact) mass is 184 g/mol. The van der Waals surface area contributed by atoms with E-state index < -0.39 is 0 Å². The first-order chi connectivity index (χ1) is 6.36. The minimum atomic E-state index is 0.392. The lowest BCUT2D eigenvalue weighted by molar-refractivity contribution is -0.110. The standard InChI is InChI=1S/C10H20N2O/c1-2-3-6-12-7-4-5-10(8-12)11-9-13/h9-10H,2-8H2,1H3,(H,11,13). The Morgan fingerprint density at radius 1 is 1.62 bits per heavy atom. The van der Waals surface area contributed by atoms with Crippen molar-refractivity contribution < 1.29 is 4.79 Å². The fourth-order valence-corrected chi connectivity index (χ4v) is 1.87. The molecule has 1 saturated heterocycles. The maximum absolute atomic E-state index is 10.3. The van der Waals surface area contributed by atoms with Crippen LogP contribution in [-0.2, 0) is 4.79 Å². The van der Waals surface area contributed by atoms with Gasteiger partial charge in [0.15, 0.2) is 0 Å². The zero-order valence-corrected chi connectivity index (χ0v) is 8.46. The normalized spacial score (nSPS) is 24.2. The summed E-state index contributed by atoms with van der Waals surface area (Å²) >= 11 is 0. The zero-order valence-electron chi connectivity index (χ0n) is 8.46. The molecule has 0 saturated carbocycles. The maximum atomic E-state index is 10.3. The SMILES string of the molecule is CCCCN1CCCC(NC=O)C1. The summed E-state index contributed by atoms with van der Waals surface area (Å²) in [6.07, 6.45) is 5.71. The molecule has 0 aliphatic carbocycles. The average molecular weight is 184 g/mol. The quantitative estimate of drug-likeness (QED) is 0.646. The van der Waals surface area contributed by atoms with E-state index >= 15 is 0 Å². The lowest BCUT2D eigenvalue weighted by Crippen LogP contribution is -2.45. The van der Waals surface area contributed by atoms with Crippen LogP contribution in [0.2, 0.25) is 0 Å². The minimum Gasteiger partial charge on any atom is -0.355 e. The molecule has 13 heavy (non-hydrogen) atoms. The van der Waals surface area contributed by atoms with E-state index in [1.807, 2.05) is 0 Å². The van der Waals surface area contributed by atoms with Gasteiger partial charge in [-0.05, 0) is 32.4 Å². The van der Waals surface area contributed by atoms with Crippen LogP contribution in [0.5, 0.6) is 0 Å². The summed E-state index contributed by atoms with van der Waals surface area (Å²) in [5, 5.41) is 2.87. The van der Waals surface area contributed by atoms with Crippen LogP contribution in [0.25, 0.3) is 0 Å². The Bertz CT molecular complexity index is 150. The number of hydrogen-bond acceptors (Lipinski definition) is 2. The van der Waals surface area contributed by atoms with Gasteiger partial charge in [0.2, 0.25) is 6.41 Å². The van der Waals surface area contributed by atoms with E-state index in [0.717, 1.165) is 19.4 Å². The van der Waals surface area contributed by atoms with Gasteiger partial charge < -0.3 is 10.2 Å². The highest BCUT2D eigenvalue weighted by Gasteiger charge is 2.17. The topological polar surface area (TPSA) is 32.3 Å². The van der Waals surface area contributed by atoms with Gasteiger partial charge in [-0.3, -0.25) is 4.79 Å². The molecular weight excluding hydrogens is 164 g/mol. The van der Waals surface area contributed by atoms with E-state index in [1.54, 1.807) is 0 Å². The van der Waals surface area contributed by atoms with Gasteiger partial charge in [-0.1, -0.05) is 13.3 Å². The van der Waals surface area contributed by atoms with Crippen LogP contribution in [0.15, 0.2) is 0 Å². The number of likely N-dealkylation sites (tertiary alicyclic amines) is 1. The van der Waals surface area contributed by atoms with E-state index in [9.17, 15) is 4.79 Å². The molecule has 1 unspecified atom stereocenters. The van der Waals surface area contributed by atoms with Crippen molar-refractivity contribution in [1.82, 2.24) is 10.2 Å². The third-order valence-corrected chi connectivity index (χ3v) is 2.64. The van der Waals surface area contributed by atoms with Crippen molar-refractivity contribution in [3.8, 4) is 0 Å². The summed E-state index contributed by atoms with van der Waals surface area (Å²) in [6, 6.07) is 0.392. The number of piperidine rings is 1. The highest BCUT2D eigenvalue weighted by Crippen LogP contribution is 2.10. The summed E-state index contributed by atoms with van der Waals surface area (Å²) in [6.45, 7) is 5.65. The number of amides is 1. The molecule has 3 nitrogen and oxygen atoms in total. The van der Waals surface area contributed by atoms with Gasteiger partial charge in [-0.2, -0.15) is 0 Å². The van der Waals surface area contributed by atoms with E-state index in [1.165, 1.54) is 32.4 Å². The molecule has 1 fully saturated rings. The molecule has 0 aromatic carbocycles. The molecular formula is C10H20N2O. The summed E-state index contributed by atoms with van der Waals surface area (Å²) in [4.78, 5) is 12.7. The Balaban J connectivity index is 2.20. The molecule has 1 rings (SSSR count). The number of unbranched alkanes of at least 4 members (excludes halogenated alkanes) is 1. The van der Waals surface area contributed by atoms with E-state index in [0.29, 0.717) is 6.04 Å². The maximum Gasteiger partial charge on any atom is 0.207 e. The van der Waals surface area contributed by atoms with Crippen LogP contribution in [0.3, 0.4) is 0 Å². The molecule has 1 N–H and O–H groups in total. The molecule has 76 valence electrons. The van der Waals surface area contributed by atoms with Crippen LogP contribution in [-0.4, -0.2) is 37.0 Å². The second-order valence-corrected chi connectivity index (χ2v) is 3.78. The molecule has 3 heteroatoms. The molecule has 0 radical (unpaired) electrons. The molecule has 1 aliphatic rings. The van der Waals surface area contributed by atoms with Crippen LogP contribution in [0, 0.1) is 0 Å². The highest BCUT2D eigenvalue weighted by molar-refractivity contribution is 5.46. The Labute approximate surface area is 80.5 Å². The predicted octanol–water partition coefficient (Wildman–Crippen LogP) is 0.997. The summed E-state index contributed by atoms with van der Waals surface area (Å²) in [5.41, 5.74) is 0. The lowest BCUT2D eigenvalue weighted by Gasteiger charge is -2.32. The second kappa shape index (κ2) is 5.97. The van der Waals surface area contributed by atoms with Gasteiger partial charge >= 0.3 is 0 Å². The Morgan fingerprint density at radius 2 is 2.46 bits per heavy atom. The third kappa shape index (κ3) is 3.77. The Hall–Kier alpha value is -0.570. The predicted molar refractivity (Wildman–Crippen MR) is 53.6 cm³/mol. The van der Waals surface area contributed by atoms with Gasteiger partial charge in [0.25, 0.3) is 0 Å². The number of hydrogen-bond donors (Lipinski definition) is 1. The van der Waals surface area contributed by atoms with Crippen molar-refractivity contribution in [1.29, 1.82) is 0 Å². The first-order valence-electron chi connectivity index (χ1n) is 5.29. The molecule has 0 spiro atoms. The van der Waals surface area contributed by atoms with Crippen LogP contribution in [0.1, 0.15) is 32.6 Å². The Morgan fingerprint density at radius 3 is 3.15 bits per heavy atom. The number of carbonyl (C=O) groups excluding carboxylic acids is 1. The molecule has 1 aliphatic heterocycles. The molecule has 1 heterocycles. The second-order valence-electron chi connectivity index (χ2n) is 3.78. The lowest BCUT2D eigenvalue weighted by atomic mass is 10.1. The zero-order chi connectivity index (χ0) is 9.52. The van der Waals surface area contributed by atoms with E-state index in [2.05, 4.69) is 17.1 Å². The largest absolute Gasteiger partial charge is 0.355 e. The van der Waals surface area contributed by atoms with Gasteiger partial charge in [-0.15, -0.1) is 0 Å². The van der Waals surface area contributed by atoms with Gasteiger partial charge in [0.1, 0.15) is 0 Å². The van der Waals surface area contributed by atoms with Crippen molar-refractivity contribution >= 4 is 6.41 Å². The highest BCUT2D eigenvalue weighted by atomic mass is 16.1. The minimum absolute atomic E-state index is 0.392. The number of rotatable bonds is 5. The van der Waals surface area contributed by atoms with Crippen LogP contribution < -0.4 is 5.32 Å². The number of nitrogens with zero attached hydrogens (tertiary/aromatic N) is 1.